The fourth-order valence-corrected chi connectivity index (χ4v) is 6.48. The number of benzene rings is 4. The molecule has 248 valence electrons. The Labute approximate surface area is 291 Å². The molecule has 4 aromatic carbocycles. The highest BCUT2D eigenvalue weighted by Gasteiger charge is 2.22. The Hall–Kier alpha value is -5.02. The highest BCUT2D eigenvalue weighted by atomic mass is 79.9. The Balaban J connectivity index is 0.000000143. The number of rotatable bonds is 3. The highest BCUT2D eigenvalue weighted by Crippen LogP contribution is 2.22. The number of fused-ring (bicyclic) bond motifs is 4. The second-order valence-corrected chi connectivity index (χ2v) is 13.5. The monoisotopic (exact) mass is 720 g/mol. The van der Waals surface area contributed by atoms with Crippen molar-refractivity contribution >= 4 is 56.0 Å². The van der Waals surface area contributed by atoms with Crippen molar-refractivity contribution in [3.05, 3.63) is 157 Å². The minimum absolute atomic E-state index is 0.0417. The molecule has 8 rings (SSSR count). The first-order valence-corrected chi connectivity index (χ1v) is 16.9. The van der Waals surface area contributed by atoms with Crippen LogP contribution in [0.1, 0.15) is 42.2 Å². The van der Waals surface area contributed by atoms with E-state index in [0.29, 0.717) is 22.6 Å². The predicted molar refractivity (Wildman–Crippen MR) is 197 cm³/mol. The fourth-order valence-electron chi connectivity index (χ4n) is 6.13. The molecular formula is C40H35BrF2N4O2. The molecule has 9 heteroatoms. The van der Waals surface area contributed by atoms with Crippen LogP contribution in [0.4, 0.5) is 8.78 Å². The molecule has 0 spiro atoms. The van der Waals surface area contributed by atoms with E-state index in [0.717, 1.165) is 69.8 Å². The van der Waals surface area contributed by atoms with Gasteiger partial charge < -0.3 is 0 Å². The van der Waals surface area contributed by atoms with E-state index in [2.05, 4.69) is 46.3 Å². The summed E-state index contributed by atoms with van der Waals surface area (Å²) in [5.74, 6) is 2.28. The van der Waals surface area contributed by atoms with Crippen molar-refractivity contribution in [3.8, 4) is 0 Å². The Morgan fingerprint density at radius 2 is 1.18 bits per heavy atom. The minimum Gasteiger partial charge on any atom is -0.296 e. The quantitative estimate of drug-likeness (QED) is 0.172. The molecule has 0 bridgehead atoms. The Morgan fingerprint density at radius 3 is 1.71 bits per heavy atom. The molecule has 2 aliphatic rings. The molecule has 6 aromatic rings. The third-order valence-electron chi connectivity index (χ3n) is 8.51. The molecule has 0 amide bonds. The lowest BCUT2D eigenvalue weighted by Gasteiger charge is -2.05. The van der Waals surface area contributed by atoms with Crippen molar-refractivity contribution in [3.63, 3.8) is 0 Å². The summed E-state index contributed by atoms with van der Waals surface area (Å²) in [4.78, 5) is 34.0. The van der Waals surface area contributed by atoms with E-state index in [1.807, 2.05) is 54.6 Å². The van der Waals surface area contributed by atoms with Crippen LogP contribution in [0.3, 0.4) is 0 Å². The van der Waals surface area contributed by atoms with Crippen LogP contribution in [0.15, 0.2) is 106 Å². The van der Waals surface area contributed by atoms with Gasteiger partial charge in [-0.25, -0.2) is 18.7 Å². The number of hydrogen-bond acceptors (Lipinski definition) is 4. The third-order valence-corrected chi connectivity index (χ3v) is 9.00. The van der Waals surface area contributed by atoms with Gasteiger partial charge in [-0.1, -0.05) is 84.9 Å². The molecule has 2 aromatic heterocycles. The normalized spacial score (nSPS) is 16.1. The topological polar surface area (TPSA) is 69.8 Å². The van der Waals surface area contributed by atoms with Crippen molar-refractivity contribution < 1.29 is 8.78 Å². The number of halogens is 3. The number of aromatic nitrogens is 4. The van der Waals surface area contributed by atoms with E-state index in [-0.39, 0.29) is 22.8 Å². The number of hydrogen-bond donors (Lipinski definition) is 0. The van der Waals surface area contributed by atoms with E-state index >= 15 is 0 Å². The molecule has 0 saturated heterocycles. The van der Waals surface area contributed by atoms with E-state index in [9.17, 15) is 18.4 Å². The zero-order chi connectivity index (χ0) is 34.7. The zero-order valence-electron chi connectivity index (χ0n) is 27.2. The first kappa shape index (κ1) is 33.9. The molecule has 2 atom stereocenters. The van der Waals surface area contributed by atoms with Crippen LogP contribution >= 0.6 is 15.9 Å². The third kappa shape index (κ3) is 7.84. The molecule has 49 heavy (non-hydrogen) atoms. The SMILES string of the molecule is C=Cc1cccc(F)c1.CC1Cc2nc3cc(/C=C/c4cccc(F)c4)ccc3c(=O)n2C1.CC1Cc2nc3cc(Br)ccc3c(=O)n2C1. The van der Waals surface area contributed by atoms with Crippen molar-refractivity contribution in [1.82, 2.24) is 19.1 Å². The molecule has 0 radical (unpaired) electrons. The van der Waals surface area contributed by atoms with Gasteiger partial charge in [0.05, 0.1) is 21.8 Å². The molecule has 4 heterocycles. The van der Waals surface area contributed by atoms with Gasteiger partial charge in [0.25, 0.3) is 11.1 Å². The second kappa shape index (κ2) is 14.6. The predicted octanol–water partition coefficient (Wildman–Crippen LogP) is 8.72. The summed E-state index contributed by atoms with van der Waals surface area (Å²) in [5.41, 5.74) is 4.20. The van der Waals surface area contributed by atoms with E-state index < -0.39 is 0 Å². The lowest BCUT2D eigenvalue weighted by Crippen LogP contribution is -2.21. The maximum Gasteiger partial charge on any atom is 0.261 e. The molecule has 0 aliphatic carbocycles. The van der Waals surface area contributed by atoms with Crippen LogP contribution < -0.4 is 11.1 Å². The smallest absolute Gasteiger partial charge is 0.261 e. The molecule has 6 nitrogen and oxygen atoms in total. The van der Waals surface area contributed by atoms with Crippen LogP contribution in [0, 0.1) is 23.5 Å². The summed E-state index contributed by atoms with van der Waals surface area (Å²) in [5, 5.41) is 1.36. The van der Waals surface area contributed by atoms with E-state index in [4.69, 9.17) is 0 Å². The molecule has 0 N–H and O–H groups in total. The average molecular weight is 722 g/mol. The summed E-state index contributed by atoms with van der Waals surface area (Å²) in [6, 6.07) is 24.0. The van der Waals surface area contributed by atoms with Crippen molar-refractivity contribution in [2.45, 2.75) is 39.8 Å². The van der Waals surface area contributed by atoms with E-state index in [1.165, 1.54) is 24.3 Å². The van der Waals surface area contributed by atoms with Crippen LogP contribution in [0.25, 0.3) is 40.0 Å². The average Bonchev–Trinajstić information content (AvgIpc) is 3.65. The summed E-state index contributed by atoms with van der Waals surface area (Å²) in [7, 11) is 0. The summed E-state index contributed by atoms with van der Waals surface area (Å²) >= 11 is 3.40. The fraction of sp³-hybridized carbons (Fsp3) is 0.200. The van der Waals surface area contributed by atoms with Crippen molar-refractivity contribution in [1.29, 1.82) is 0 Å². The molecule has 0 fully saturated rings. The van der Waals surface area contributed by atoms with Gasteiger partial charge in [-0.3, -0.25) is 18.7 Å². The second-order valence-electron chi connectivity index (χ2n) is 12.6. The molecule has 0 saturated carbocycles. The van der Waals surface area contributed by atoms with Gasteiger partial charge in [-0.05, 0) is 83.1 Å². The first-order valence-electron chi connectivity index (χ1n) is 16.1. The molecule has 2 aliphatic heterocycles. The summed E-state index contributed by atoms with van der Waals surface area (Å²) in [6.45, 7) is 9.33. The summed E-state index contributed by atoms with van der Waals surface area (Å²) < 4.78 is 30.1. The van der Waals surface area contributed by atoms with Gasteiger partial charge in [0.15, 0.2) is 0 Å². The molecule has 2 unspecified atom stereocenters. The van der Waals surface area contributed by atoms with Gasteiger partial charge in [0.1, 0.15) is 23.3 Å². The van der Waals surface area contributed by atoms with Gasteiger partial charge >= 0.3 is 0 Å². The number of nitrogens with zero attached hydrogens (tertiary/aromatic N) is 4. The highest BCUT2D eigenvalue weighted by molar-refractivity contribution is 9.10. The van der Waals surface area contributed by atoms with Gasteiger partial charge in [-0.2, -0.15) is 0 Å². The van der Waals surface area contributed by atoms with Crippen LogP contribution in [-0.4, -0.2) is 19.1 Å². The van der Waals surface area contributed by atoms with Gasteiger partial charge in [0.2, 0.25) is 0 Å². The lowest BCUT2D eigenvalue weighted by molar-refractivity contribution is 0.558. The van der Waals surface area contributed by atoms with Gasteiger partial charge in [-0.15, -0.1) is 0 Å². The van der Waals surface area contributed by atoms with Crippen LogP contribution in [-0.2, 0) is 25.9 Å². The standard InChI is InChI=1S/C20H17FN2O.C12H11BrN2O.C8H7F/c1-13-9-19-22-18-11-15(6-5-14-3-2-4-16(21)10-14)7-8-17(18)20(24)23(19)12-13;1-7-4-11-14-10-5-8(13)2-3-9(10)12(16)15(11)6-7;1-2-7-4-3-5-8(9)6-7/h2-8,10-11,13H,9,12H2,1H3;2-3,5,7H,4,6H2,1H3;2-6H,1H2/b6-5+;;. The Bertz CT molecular complexity index is 2350. The Kier molecular flexibility index (Phi) is 10.1. The van der Waals surface area contributed by atoms with Crippen LogP contribution in [0.5, 0.6) is 0 Å². The minimum atomic E-state index is -0.255. The Morgan fingerprint density at radius 1 is 0.694 bits per heavy atom. The maximum atomic E-state index is 13.2. The van der Waals surface area contributed by atoms with Crippen LogP contribution in [0.2, 0.25) is 0 Å². The zero-order valence-corrected chi connectivity index (χ0v) is 28.8. The first-order chi connectivity index (χ1) is 23.6. The lowest BCUT2D eigenvalue weighted by atomic mass is 10.1. The summed E-state index contributed by atoms with van der Waals surface area (Å²) in [6.07, 6.45) is 7.12. The van der Waals surface area contributed by atoms with E-state index in [1.54, 1.807) is 33.4 Å². The maximum absolute atomic E-state index is 13.2. The van der Waals surface area contributed by atoms with Gasteiger partial charge in [0, 0.05) is 30.4 Å². The van der Waals surface area contributed by atoms with Crippen molar-refractivity contribution in [2.24, 2.45) is 11.8 Å². The molecular weight excluding hydrogens is 686 g/mol. The van der Waals surface area contributed by atoms with Crippen molar-refractivity contribution in [2.75, 3.05) is 0 Å². The largest absolute Gasteiger partial charge is 0.296 e.